The number of piperidine rings is 1. The van der Waals surface area contributed by atoms with Gasteiger partial charge in [0.15, 0.2) is 0 Å². The van der Waals surface area contributed by atoms with Gasteiger partial charge in [0.2, 0.25) is 0 Å². The van der Waals surface area contributed by atoms with Crippen molar-refractivity contribution in [2.45, 2.75) is 31.9 Å². The van der Waals surface area contributed by atoms with Gasteiger partial charge in [-0.3, -0.25) is 4.68 Å². The van der Waals surface area contributed by atoms with Crippen LogP contribution in [0.4, 0.5) is 4.39 Å². The number of halogens is 1. The molecule has 0 radical (unpaired) electrons. The summed E-state index contributed by atoms with van der Waals surface area (Å²) in [6.07, 6.45) is 3.83. The molecule has 0 aliphatic carbocycles. The average molecular weight is 226 g/mol. The molecule has 0 aromatic carbocycles. The maximum atomic E-state index is 14.6. The normalized spacial score (nSPS) is 25.3. The van der Waals surface area contributed by atoms with Gasteiger partial charge in [0, 0.05) is 25.9 Å². The second-order valence-corrected chi connectivity index (χ2v) is 4.80. The molecule has 1 saturated heterocycles. The van der Waals surface area contributed by atoms with E-state index < -0.39 is 5.67 Å². The van der Waals surface area contributed by atoms with Crippen molar-refractivity contribution >= 4 is 0 Å². The zero-order valence-corrected chi connectivity index (χ0v) is 9.91. The first-order valence-corrected chi connectivity index (χ1v) is 5.82. The van der Waals surface area contributed by atoms with Crippen LogP contribution in [0.3, 0.4) is 0 Å². The van der Waals surface area contributed by atoms with Gasteiger partial charge in [-0.2, -0.15) is 5.10 Å². The summed E-state index contributed by atoms with van der Waals surface area (Å²) in [5.41, 5.74) is -1.20. The predicted octanol–water partition coefficient (Wildman–Crippen LogP) is 1.09. The molecule has 2 rings (SSSR count). The first-order valence-electron chi connectivity index (χ1n) is 5.82. The van der Waals surface area contributed by atoms with Gasteiger partial charge < -0.3 is 5.32 Å². The molecule has 2 atom stereocenters. The molecule has 0 bridgehead atoms. The van der Waals surface area contributed by atoms with Crippen molar-refractivity contribution in [3.8, 4) is 0 Å². The molecule has 1 aromatic heterocycles. The minimum absolute atomic E-state index is 0.0814. The number of hydrogen-bond donors (Lipinski definition) is 1. The van der Waals surface area contributed by atoms with Crippen molar-refractivity contribution in [1.29, 1.82) is 0 Å². The van der Waals surface area contributed by atoms with E-state index >= 15 is 0 Å². The maximum Gasteiger partial charge on any atom is 0.138 e. The highest BCUT2D eigenvalue weighted by atomic mass is 19.1. The Bertz CT molecular complexity index is 342. The van der Waals surface area contributed by atoms with E-state index in [1.807, 2.05) is 0 Å². The molecule has 0 spiro atoms. The molecular formula is C11H19FN4. The molecule has 1 N–H and O–H groups in total. The summed E-state index contributed by atoms with van der Waals surface area (Å²) in [6.45, 7) is 3.46. The maximum absolute atomic E-state index is 14.6. The van der Waals surface area contributed by atoms with Crippen LogP contribution in [-0.2, 0) is 13.5 Å². The monoisotopic (exact) mass is 226 g/mol. The lowest BCUT2D eigenvalue weighted by molar-refractivity contribution is 0.0802. The van der Waals surface area contributed by atoms with Gasteiger partial charge in [0.05, 0.1) is 0 Å². The Balaban J connectivity index is 2.04. The van der Waals surface area contributed by atoms with Crippen LogP contribution in [0.1, 0.15) is 25.6 Å². The highest BCUT2D eigenvalue weighted by Crippen LogP contribution is 2.30. The quantitative estimate of drug-likeness (QED) is 0.839. The Kier molecular flexibility index (Phi) is 3.23. The highest BCUT2D eigenvalue weighted by Gasteiger charge is 2.36. The fourth-order valence-electron chi connectivity index (χ4n) is 2.30. The third-order valence-corrected chi connectivity index (χ3v) is 3.46. The van der Waals surface area contributed by atoms with Crippen molar-refractivity contribution in [3.05, 3.63) is 12.2 Å². The number of alkyl halides is 1. The van der Waals surface area contributed by atoms with E-state index in [-0.39, 0.29) is 5.92 Å². The fraction of sp³-hybridized carbons (Fsp3) is 0.818. The lowest BCUT2D eigenvalue weighted by atomic mass is 9.82. The lowest BCUT2D eigenvalue weighted by Crippen LogP contribution is -2.43. The van der Waals surface area contributed by atoms with E-state index in [1.165, 1.54) is 6.33 Å². The van der Waals surface area contributed by atoms with E-state index in [2.05, 4.69) is 15.4 Å². The first-order chi connectivity index (χ1) is 7.59. The van der Waals surface area contributed by atoms with Crippen LogP contribution in [0.5, 0.6) is 0 Å². The summed E-state index contributed by atoms with van der Waals surface area (Å²) in [6, 6.07) is 0. The standard InChI is InChI=1S/C11H19FN4/c1-11(12,9-4-3-5-13-7-9)6-10-14-8-15-16(10)2/h8-9,13H,3-7H2,1-2H3. The van der Waals surface area contributed by atoms with Gasteiger partial charge in [-0.05, 0) is 26.3 Å². The summed E-state index contributed by atoms with van der Waals surface area (Å²) in [7, 11) is 1.80. The van der Waals surface area contributed by atoms with Gasteiger partial charge in [-0.1, -0.05) is 0 Å². The Morgan fingerprint density at radius 3 is 3.06 bits per heavy atom. The second-order valence-electron chi connectivity index (χ2n) is 4.80. The number of aryl methyl sites for hydroxylation is 1. The van der Waals surface area contributed by atoms with Crippen molar-refractivity contribution < 1.29 is 4.39 Å². The third kappa shape index (κ3) is 2.40. The van der Waals surface area contributed by atoms with Crippen LogP contribution < -0.4 is 5.32 Å². The van der Waals surface area contributed by atoms with Crippen molar-refractivity contribution in [3.63, 3.8) is 0 Å². The first kappa shape index (κ1) is 11.5. The molecule has 0 saturated carbocycles. The summed E-state index contributed by atoms with van der Waals surface area (Å²) in [5, 5.41) is 7.22. The summed E-state index contributed by atoms with van der Waals surface area (Å²) >= 11 is 0. The Hall–Kier alpha value is -0.970. The number of rotatable bonds is 3. The molecular weight excluding hydrogens is 207 g/mol. The molecule has 2 unspecified atom stereocenters. The van der Waals surface area contributed by atoms with Crippen LogP contribution in [-0.4, -0.2) is 33.5 Å². The molecule has 2 heterocycles. The summed E-state index contributed by atoms with van der Waals surface area (Å²) < 4.78 is 16.2. The molecule has 0 amide bonds. The van der Waals surface area contributed by atoms with Gasteiger partial charge >= 0.3 is 0 Å². The van der Waals surface area contributed by atoms with Gasteiger partial charge in [0.25, 0.3) is 0 Å². The number of aromatic nitrogens is 3. The molecule has 16 heavy (non-hydrogen) atoms. The topological polar surface area (TPSA) is 42.7 Å². The molecule has 1 aliphatic rings. The molecule has 1 aromatic rings. The van der Waals surface area contributed by atoms with E-state index in [0.717, 1.165) is 31.8 Å². The van der Waals surface area contributed by atoms with Gasteiger partial charge in [-0.15, -0.1) is 0 Å². The summed E-state index contributed by atoms with van der Waals surface area (Å²) in [4.78, 5) is 4.09. The largest absolute Gasteiger partial charge is 0.316 e. The smallest absolute Gasteiger partial charge is 0.138 e. The highest BCUT2D eigenvalue weighted by molar-refractivity contribution is 4.97. The predicted molar refractivity (Wildman–Crippen MR) is 59.8 cm³/mol. The van der Waals surface area contributed by atoms with E-state index in [4.69, 9.17) is 0 Å². The van der Waals surface area contributed by atoms with Crippen molar-refractivity contribution in [2.24, 2.45) is 13.0 Å². The minimum atomic E-state index is -1.20. The van der Waals surface area contributed by atoms with E-state index in [9.17, 15) is 4.39 Å². The van der Waals surface area contributed by atoms with Crippen LogP contribution in [0, 0.1) is 5.92 Å². The zero-order valence-electron chi connectivity index (χ0n) is 9.91. The minimum Gasteiger partial charge on any atom is -0.316 e. The fourth-order valence-corrected chi connectivity index (χ4v) is 2.30. The number of nitrogens with one attached hydrogen (secondary N) is 1. The Labute approximate surface area is 95.3 Å². The SMILES string of the molecule is Cn1ncnc1CC(C)(F)C1CCCNC1. The molecule has 5 heteroatoms. The van der Waals surface area contributed by atoms with Crippen molar-refractivity contribution in [2.75, 3.05) is 13.1 Å². The van der Waals surface area contributed by atoms with Crippen LogP contribution in [0.25, 0.3) is 0 Å². The van der Waals surface area contributed by atoms with Crippen molar-refractivity contribution in [1.82, 2.24) is 20.1 Å². The lowest BCUT2D eigenvalue weighted by Gasteiger charge is -2.33. The molecule has 90 valence electrons. The molecule has 1 aliphatic heterocycles. The molecule has 4 nitrogen and oxygen atoms in total. The van der Waals surface area contributed by atoms with Crippen LogP contribution in [0.2, 0.25) is 0 Å². The Morgan fingerprint density at radius 1 is 1.69 bits per heavy atom. The zero-order chi connectivity index (χ0) is 11.6. The van der Waals surface area contributed by atoms with E-state index in [1.54, 1.807) is 18.7 Å². The van der Waals surface area contributed by atoms with Gasteiger partial charge in [0.1, 0.15) is 17.8 Å². The number of nitrogens with zero attached hydrogens (tertiary/aromatic N) is 3. The Morgan fingerprint density at radius 2 is 2.50 bits per heavy atom. The number of hydrogen-bond acceptors (Lipinski definition) is 3. The molecule has 1 fully saturated rings. The second kappa shape index (κ2) is 4.49. The average Bonchev–Trinajstić information content (AvgIpc) is 2.65. The van der Waals surface area contributed by atoms with E-state index in [0.29, 0.717) is 6.42 Å². The van der Waals surface area contributed by atoms with Crippen LogP contribution >= 0.6 is 0 Å². The van der Waals surface area contributed by atoms with Crippen LogP contribution in [0.15, 0.2) is 6.33 Å². The third-order valence-electron chi connectivity index (χ3n) is 3.46. The summed E-state index contributed by atoms with van der Waals surface area (Å²) in [5.74, 6) is 0.800. The van der Waals surface area contributed by atoms with Gasteiger partial charge in [-0.25, -0.2) is 9.37 Å².